The minimum atomic E-state index is -4.81. The molecule has 0 N–H and O–H groups in total. The van der Waals surface area contributed by atoms with Gasteiger partial charge in [0.05, 0.1) is 15.3 Å². The van der Waals surface area contributed by atoms with Crippen LogP contribution in [0.15, 0.2) is 62.3 Å². The molecule has 0 radical (unpaired) electrons. The first-order chi connectivity index (χ1) is 14.3. The number of hydrogen-bond acceptors (Lipinski definition) is 5. The molecule has 0 fully saturated rings. The summed E-state index contributed by atoms with van der Waals surface area (Å²) in [5.74, 6) is -2.81. The van der Waals surface area contributed by atoms with Gasteiger partial charge in [0.2, 0.25) is 5.82 Å². The molecule has 13 heteroatoms. The molecule has 1 heterocycles. The Kier molecular flexibility index (Phi) is 5.65. The molecule has 3 rings (SSSR count). The van der Waals surface area contributed by atoms with Gasteiger partial charge in [-0.05, 0) is 36.4 Å². The third kappa shape index (κ3) is 5.10. The molecule has 0 saturated carbocycles. The van der Waals surface area contributed by atoms with Gasteiger partial charge in [-0.15, -0.1) is 0 Å². The number of carbonyl (C=O) groups is 1. The molecule has 1 amide bonds. The average molecular weight is 463 g/mol. The van der Waals surface area contributed by atoms with Crippen LogP contribution in [0.25, 0.3) is 11.4 Å². The van der Waals surface area contributed by atoms with Crippen LogP contribution in [0.5, 0.6) is 0 Å². The van der Waals surface area contributed by atoms with Gasteiger partial charge in [-0.1, -0.05) is 17.3 Å². The van der Waals surface area contributed by atoms with Crippen molar-refractivity contribution in [2.24, 2.45) is 4.36 Å². The maximum absolute atomic E-state index is 12.7. The molecule has 0 aliphatic rings. The van der Waals surface area contributed by atoms with Gasteiger partial charge in [-0.25, -0.2) is 4.21 Å². The number of rotatable bonds is 3. The summed E-state index contributed by atoms with van der Waals surface area (Å²) in [6, 6.07) is 8.28. The highest BCUT2D eigenvalue weighted by atomic mass is 32.2. The number of halogens is 6. The predicted octanol–water partition coefficient (Wildman–Crippen LogP) is 5.07. The second-order valence-corrected chi connectivity index (χ2v) is 8.48. The quantitative estimate of drug-likeness (QED) is 0.507. The lowest BCUT2D eigenvalue weighted by atomic mass is 10.1. The van der Waals surface area contributed by atoms with Crippen molar-refractivity contribution in [3.05, 3.63) is 65.5 Å². The molecule has 0 bridgehead atoms. The zero-order valence-corrected chi connectivity index (χ0v) is 16.2. The van der Waals surface area contributed by atoms with Crippen molar-refractivity contribution in [1.29, 1.82) is 0 Å². The van der Waals surface area contributed by atoms with Gasteiger partial charge in [-0.3, -0.25) is 4.79 Å². The highest BCUT2D eigenvalue weighted by Crippen LogP contribution is 2.31. The Morgan fingerprint density at radius 3 is 2.00 bits per heavy atom. The molecule has 1 aromatic heterocycles. The van der Waals surface area contributed by atoms with Gasteiger partial charge in [-0.2, -0.15) is 35.7 Å². The summed E-state index contributed by atoms with van der Waals surface area (Å²) in [6.07, 6.45) is -8.28. The zero-order chi connectivity index (χ0) is 23.0. The van der Waals surface area contributed by atoms with E-state index in [2.05, 4.69) is 19.0 Å². The fourth-order valence-corrected chi connectivity index (χ4v) is 3.55. The van der Waals surface area contributed by atoms with E-state index in [-0.39, 0.29) is 21.8 Å². The van der Waals surface area contributed by atoms with Crippen molar-refractivity contribution in [1.82, 2.24) is 10.1 Å². The minimum absolute atomic E-state index is 0.0511. The number of nitrogens with zero attached hydrogens (tertiary/aromatic N) is 3. The lowest BCUT2D eigenvalue weighted by Gasteiger charge is -2.08. The molecular formula is C18H11F6N3O3S. The summed E-state index contributed by atoms with van der Waals surface area (Å²) in [4.78, 5) is 15.5. The summed E-state index contributed by atoms with van der Waals surface area (Å²) in [7, 11) is -3.35. The molecule has 1 unspecified atom stereocenters. The highest BCUT2D eigenvalue weighted by molar-refractivity contribution is 7.93. The molecule has 1 atom stereocenters. The molecule has 31 heavy (non-hydrogen) atoms. The molecular weight excluding hydrogens is 452 g/mol. The molecule has 0 aliphatic carbocycles. The summed E-state index contributed by atoms with van der Waals surface area (Å²) in [5.41, 5.74) is -0.871. The number of aromatic nitrogens is 2. The third-order valence-electron chi connectivity index (χ3n) is 3.93. The largest absolute Gasteiger partial charge is 0.471 e. The number of hydrogen-bond donors (Lipinski definition) is 0. The Balaban J connectivity index is 1.83. The predicted molar refractivity (Wildman–Crippen MR) is 95.3 cm³/mol. The van der Waals surface area contributed by atoms with E-state index in [1.54, 1.807) is 0 Å². The Labute approximate surface area is 171 Å². The lowest BCUT2D eigenvalue weighted by molar-refractivity contribution is -0.159. The Morgan fingerprint density at radius 2 is 1.52 bits per heavy atom. The standard InChI is InChI=1S/C18H11F6N3O3S/c1-31(29,13-8-6-12(7-9-13)17(19,20)21)27-15(28)11-4-2-10(3-5-11)14-25-16(30-26-14)18(22,23)24/h2-9H,1H3. The smallest absolute Gasteiger partial charge is 0.329 e. The van der Waals surface area contributed by atoms with Gasteiger partial charge in [0.1, 0.15) is 0 Å². The van der Waals surface area contributed by atoms with E-state index in [1.165, 1.54) is 24.3 Å². The van der Waals surface area contributed by atoms with Crippen LogP contribution in [0.1, 0.15) is 21.8 Å². The van der Waals surface area contributed by atoms with Gasteiger partial charge in [0.25, 0.3) is 5.91 Å². The molecule has 3 aromatic rings. The molecule has 2 aromatic carbocycles. The monoisotopic (exact) mass is 463 g/mol. The second-order valence-electron chi connectivity index (χ2n) is 6.22. The first-order valence-corrected chi connectivity index (χ1v) is 10.1. The number of amides is 1. The lowest BCUT2D eigenvalue weighted by Crippen LogP contribution is -2.07. The van der Waals surface area contributed by atoms with Crippen LogP contribution < -0.4 is 0 Å². The van der Waals surface area contributed by atoms with Crippen LogP contribution in [0.4, 0.5) is 26.3 Å². The highest BCUT2D eigenvalue weighted by Gasteiger charge is 2.38. The van der Waals surface area contributed by atoms with E-state index < -0.39 is 39.4 Å². The van der Waals surface area contributed by atoms with E-state index in [9.17, 15) is 35.3 Å². The fourth-order valence-electron chi connectivity index (χ4n) is 2.38. The summed E-state index contributed by atoms with van der Waals surface area (Å²) < 4.78 is 95.9. The summed E-state index contributed by atoms with van der Waals surface area (Å²) in [5, 5.41) is 3.21. The first kappa shape index (κ1) is 22.5. The van der Waals surface area contributed by atoms with Crippen LogP contribution in [0.2, 0.25) is 0 Å². The van der Waals surface area contributed by atoms with E-state index in [0.717, 1.165) is 30.5 Å². The van der Waals surface area contributed by atoms with Crippen LogP contribution in [0.3, 0.4) is 0 Å². The SMILES string of the molecule is CS(=O)(=NC(=O)c1ccc(-c2noc(C(F)(F)F)n2)cc1)c1ccc(C(F)(F)F)cc1. The number of carbonyl (C=O) groups excluding carboxylic acids is 1. The van der Waals surface area contributed by atoms with Gasteiger partial charge in [0.15, 0.2) is 0 Å². The van der Waals surface area contributed by atoms with Gasteiger partial charge < -0.3 is 4.52 Å². The Morgan fingerprint density at radius 1 is 0.935 bits per heavy atom. The number of benzene rings is 2. The van der Waals surface area contributed by atoms with Crippen LogP contribution in [-0.2, 0) is 22.1 Å². The molecule has 6 nitrogen and oxygen atoms in total. The van der Waals surface area contributed by atoms with Crippen LogP contribution in [-0.4, -0.2) is 26.5 Å². The Bertz CT molecular complexity index is 1220. The number of alkyl halides is 6. The van der Waals surface area contributed by atoms with Gasteiger partial charge in [0, 0.05) is 22.3 Å². The molecule has 0 aliphatic heterocycles. The van der Waals surface area contributed by atoms with Gasteiger partial charge >= 0.3 is 18.2 Å². The van der Waals surface area contributed by atoms with Crippen molar-refractivity contribution < 1.29 is 39.9 Å². The summed E-state index contributed by atoms with van der Waals surface area (Å²) in [6.45, 7) is 0. The van der Waals surface area contributed by atoms with Crippen molar-refractivity contribution in [3.8, 4) is 11.4 Å². The van der Waals surface area contributed by atoms with Crippen molar-refractivity contribution in [2.45, 2.75) is 17.2 Å². The van der Waals surface area contributed by atoms with Crippen LogP contribution in [0, 0.1) is 0 Å². The molecule has 0 spiro atoms. The van der Waals surface area contributed by atoms with E-state index in [1.807, 2.05) is 0 Å². The summed E-state index contributed by atoms with van der Waals surface area (Å²) >= 11 is 0. The molecule has 0 saturated heterocycles. The Hall–Kier alpha value is -3.22. The van der Waals surface area contributed by atoms with Crippen molar-refractivity contribution in [3.63, 3.8) is 0 Å². The van der Waals surface area contributed by atoms with Crippen molar-refractivity contribution >= 4 is 15.6 Å². The first-order valence-electron chi connectivity index (χ1n) is 8.22. The normalized spacial score (nSPS) is 14.2. The van der Waals surface area contributed by atoms with Crippen LogP contribution >= 0.6 is 0 Å². The van der Waals surface area contributed by atoms with E-state index in [4.69, 9.17) is 0 Å². The third-order valence-corrected chi connectivity index (χ3v) is 5.60. The average Bonchev–Trinajstić information content (AvgIpc) is 3.18. The second kappa shape index (κ2) is 7.80. The maximum Gasteiger partial charge on any atom is 0.471 e. The fraction of sp³-hybridized carbons (Fsp3) is 0.167. The topological polar surface area (TPSA) is 85.4 Å². The molecule has 164 valence electrons. The van der Waals surface area contributed by atoms with Crippen molar-refractivity contribution in [2.75, 3.05) is 6.26 Å². The van der Waals surface area contributed by atoms with E-state index in [0.29, 0.717) is 0 Å². The van der Waals surface area contributed by atoms with E-state index >= 15 is 0 Å². The zero-order valence-electron chi connectivity index (χ0n) is 15.4. The minimum Gasteiger partial charge on any atom is -0.329 e. The maximum atomic E-state index is 12.7.